The zero-order valence-corrected chi connectivity index (χ0v) is 13.3. The Kier molecular flexibility index (Phi) is 5.12. The number of hydrogen-bond acceptors (Lipinski definition) is 3. The van der Waals surface area contributed by atoms with Crippen molar-refractivity contribution in [2.24, 2.45) is 5.92 Å². The van der Waals surface area contributed by atoms with Crippen LogP contribution in [0, 0.1) is 5.92 Å². The van der Waals surface area contributed by atoms with Crippen molar-refractivity contribution >= 4 is 17.5 Å². The van der Waals surface area contributed by atoms with E-state index in [2.05, 4.69) is 0 Å². The molecule has 1 atom stereocenters. The SMILES string of the molecule is CC(C)(Oc1cccc(Cl)c1)C(=O)N1CCCC(CO)C1. The predicted molar refractivity (Wildman–Crippen MR) is 82.5 cm³/mol. The highest BCUT2D eigenvalue weighted by atomic mass is 35.5. The molecular weight excluding hydrogens is 290 g/mol. The van der Waals surface area contributed by atoms with Gasteiger partial charge in [-0.15, -0.1) is 0 Å². The number of carbonyl (C=O) groups excluding carboxylic acids is 1. The summed E-state index contributed by atoms with van der Waals surface area (Å²) in [6.45, 7) is 4.96. The van der Waals surface area contributed by atoms with Gasteiger partial charge in [-0.25, -0.2) is 0 Å². The third kappa shape index (κ3) is 4.11. The standard InChI is InChI=1S/C16H22ClNO3/c1-16(2,21-14-7-3-6-13(17)9-14)15(20)18-8-4-5-12(10-18)11-19/h3,6-7,9,12,19H,4-5,8,10-11H2,1-2H3. The number of aliphatic hydroxyl groups excluding tert-OH is 1. The molecule has 5 heteroatoms. The summed E-state index contributed by atoms with van der Waals surface area (Å²) in [5.74, 6) is 0.696. The number of aliphatic hydroxyl groups is 1. The number of nitrogens with zero attached hydrogens (tertiary/aromatic N) is 1. The Hall–Kier alpha value is -1.26. The van der Waals surface area contributed by atoms with Gasteiger partial charge in [0.25, 0.3) is 5.91 Å². The van der Waals surface area contributed by atoms with Crippen molar-refractivity contribution in [3.05, 3.63) is 29.3 Å². The lowest BCUT2D eigenvalue weighted by atomic mass is 9.97. The van der Waals surface area contributed by atoms with Gasteiger partial charge in [-0.3, -0.25) is 4.79 Å². The molecule has 0 aromatic heterocycles. The normalized spacial score (nSPS) is 19.4. The third-order valence-electron chi connectivity index (χ3n) is 3.75. The fourth-order valence-corrected chi connectivity index (χ4v) is 2.83. The first-order valence-corrected chi connectivity index (χ1v) is 7.65. The number of amides is 1. The average Bonchev–Trinajstić information content (AvgIpc) is 2.46. The molecule has 1 unspecified atom stereocenters. The highest BCUT2D eigenvalue weighted by Gasteiger charge is 2.36. The summed E-state index contributed by atoms with van der Waals surface area (Å²) in [5, 5.41) is 9.85. The number of halogens is 1. The molecule has 0 radical (unpaired) electrons. The Balaban J connectivity index is 2.05. The van der Waals surface area contributed by atoms with Gasteiger partial charge in [0.2, 0.25) is 0 Å². The molecule has 1 aliphatic rings. The van der Waals surface area contributed by atoms with Gasteiger partial charge in [0.05, 0.1) is 0 Å². The summed E-state index contributed by atoms with van der Waals surface area (Å²) in [7, 11) is 0. The second kappa shape index (κ2) is 6.67. The number of carbonyl (C=O) groups is 1. The maximum absolute atomic E-state index is 12.7. The van der Waals surface area contributed by atoms with Gasteiger partial charge in [0.15, 0.2) is 5.60 Å². The lowest BCUT2D eigenvalue weighted by Gasteiger charge is -2.37. The van der Waals surface area contributed by atoms with Gasteiger partial charge < -0.3 is 14.7 Å². The number of hydrogen-bond donors (Lipinski definition) is 1. The zero-order valence-electron chi connectivity index (χ0n) is 12.5. The Morgan fingerprint density at radius 3 is 2.95 bits per heavy atom. The van der Waals surface area contributed by atoms with Crippen molar-refractivity contribution in [3.63, 3.8) is 0 Å². The van der Waals surface area contributed by atoms with E-state index in [0.717, 1.165) is 19.4 Å². The van der Waals surface area contributed by atoms with E-state index in [1.54, 1.807) is 43.0 Å². The van der Waals surface area contributed by atoms with E-state index in [-0.39, 0.29) is 18.4 Å². The third-order valence-corrected chi connectivity index (χ3v) is 3.98. The van der Waals surface area contributed by atoms with E-state index in [1.165, 1.54) is 0 Å². The monoisotopic (exact) mass is 311 g/mol. The minimum atomic E-state index is -0.956. The minimum Gasteiger partial charge on any atom is -0.478 e. The summed E-state index contributed by atoms with van der Waals surface area (Å²) in [6.07, 6.45) is 1.89. The number of piperidine rings is 1. The lowest BCUT2D eigenvalue weighted by molar-refractivity contribution is -0.147. The zero-order chi connectivity index (χ0) is 15.5. The molecule has 116 valence electrons. The molecule has 1 amide bonds. The Morgan fingerprint density at radius 1 is 1.52 bits per heavy atom. The van der Waals surface area contributed by atoms with Crippen molar-refractivity contribution in [1.29, 1.82) is 0 Å². The molecule has 2 rings (SSSR count). The van der Waals surface area contributed by atoms with Crippen molar-refractivity contribution in [3.8, 4) is 5.75 Å². The van der Waals surface area contributed by atoms with Crippen molar-refractivity contribution in [1.82, 2.24) is 4.90 Å². The smallest absolute Gasteiger partial charge is 0.266 e. The fourth-order valence-electron chi connectivity index (χ4n) is 2.65. The largest absolute Gasteiger partial charge is 0.478 e. The highest BCUT2D eigenvalue weighted by Crippen LogP contribution is 2.25. The van der Waals surface area contributed by atoms with Crippen LogP contribution in [0.4, 0.5) is 0 Å². The maximum atomic E-state index is 12.7. The molecular formula is C16H22ClNO3. The molecule has 1 aromatic carbocycles. The van der Waals surface area contributed by atoms with Gasteiger partial charge >= 0.3 is 0 Å². The van der Waals surface area contributed by atoms with Gasteiger partial charge in [-0.05, 0) is 50.8 Å². The molecule has 0 bridgehead atoms. The number of benzene rings is 1. The molecule has 0 spiro atoms. The van der Waals surface area contributed by atoms with E-state index < -0.39 is 5.60 Å². The summed E-state index contributed by atoms with van der Waals surface area (Å²) < 4.78 is 5.83. The van der Waals surface area contributed by atoms with E-state index in [4.69, 9.17) is 16.3 Å². The van der Waals surface area contributed by atoms with Crippen LogP contribution >= 0.6 is 11.6 Å². The molecule has 1 saturated heterocycles. The van der Waals surface area contributed by atoms with Gasteiger partial charge in [-0.2, -0.15) is 0 Å². The first-order valence-electron chi connectivity index (χ1n) is 7.27. The van der Waals surface area contributed by atoms with Crippen LogP contribution in [0.15, 0.2) is 24.3 Å². The van der Waals surface area contributed by atoms with Crippen LogP contribution in [0.2, 0.25) is 5.02 Å². The average molecular weight is 312 g/mol. The van der Waals surface area contributed by atoms with Crippen LogP contribution in [0.5, 0.6) is 5.75 Å². The second-order valence-electron chi connectivity index (χ2n) is 6.01. The molecule has 1 N–H and O–H groups in total. The molecule has 1 fully saturated rings. The number of ether oxygens (including phenoxy) is 1. The van der Waals surface area contributed by atoms with Gasteiger partial charge in [-0.1, -0.05) is 17.7 Å². The van der Waals surface area contributed by atoms with E-state index in [1.807, 2.05) is 0 Å². The van der Waals surface area contributed by atoms with Crippen LogP contribution in [0.1, 0.15) is 26.7 Å². The number of rotatable bonds is 4. The lowest BCUT2D eigenvalue weighted by Crippen LogP contribution is -2.52. The van der Waals surface area contributed by atoms with Crippen LogP contribution in [-0.2, 0) is 4.79 Å². The quantitative estimate of drug-likeness (QED) is 0.930. The Bertz CT molecular complexity index is 504. The highest BCUT2D eigenvalue weighted by molar-refractivity contribution is 6.30. The Morgan fingerprint density at radius 2 is 2.29 bits per heavy atom. The maximum Gasteiger partial charge on any atom is 0.266 e. The predicted octanol–water partition coefficient (Wildman–Crippen LogP) is 2.73. The molecule has 1 heterocycles. The van der Waals surface area contributed by atoms with E-state index in [0.29, 0.717) is 17.3 Å². The molecule has 21 heavy (non-hydrogen) atoms. The van der Waals surface area contributed by atoms with Crippen LogP contribution in [0.3, 0.4) is 0 Å². The molecule has 1 aliphatic heterocycles. The van der Waals surface area contributed by atoms with Crippen molar-refractivity contribution in [2.45, 2.75) is 32.3 Å². The van der Waals surface area contributed by atoms with Crippen molar-refractivity contribution < 1.29 is 14.6 Å². The summed E-state index contributed by atoms with van der Waals surface area (Å²) >= 11 is 5.94. The summed E-state index contributed by atoms with van der Waals surface area (Å²) in [5.41, 5.74) is -0.956. The second-order valence-corrected chi connectivity index (χ2v) is 6.45. The van der Waals surface area contributed by atoms with Crippen LogP contribution in [0.25, 0.3) is 0 Å². The number of likely N-dealkylation sites (tertiary alicyclic amines) is 1. The molecule has 0 aliphatic carbocycles. The minimum absolute atomic E-state index is 0.0550. The fraction of sp³-hybridized carbons (Fsp3) is 0.562. The van der Waals surface area contributed by atoms with Crippen molar-refractivity contribution in [2.75, 3.05) is 19.7 Å². The van der Waals surface area contributed by atoms with Gasteiger partial charge in [0.1, 0.15) is 5.75 Å². The van der Waals surface area contributed by atoms with Crippen LogP contribution in [-0.4, -0.2) is 41.2 Å². The molecule has 1 aromatic rings. The topological polar surface area (TPSA) is 49.8 Å². The molecule has 0 saturated carbocycles. The first kappa shape index (κ1) is 16.1. The Labute approximate surface area is 130 Å². The summed E-state index contributed by atoms with van der Waals surface area (Å²) in [4.78, 5) is 14.4. The summed E-state index contributed by atoms with van der Waals surface area (Å²) in [6, 6.07) is 7.04. The van der Waals surface area contributed by atoms with Gasteiger partial charge in [0, 0.05) is 24.7 Å². The van der Waals surface area contributed by atoms with E-state index in [9.17, 15) is 9.90 Å². The van der Waals surface area contributed by atoms with Crippen LogP contribution < -0.4 is 4.74 Å². The first-order chi connectivity index (χ1) is 9.92. The van der Waals surface area contributed by atoms with E-state index >= 15 is 0 Å². The molecule has 4 nitrogen and oxygen atoms in total.